The van der Waals surface area contributed by atoms with Crippen LogP contribution in [0.25, 0.3) is 0 Å². The number of hydrogen-bond acceptors (Lipinski definition) is 4. The SMILES string of the molecule is N=C=O.OCCCCCCO. The number of unbranched alkanes of at least 4 members (excludes halogenated alkanes) is 3. The summed E-state index contributed by atoms with van der Waals surface area (Å²) in [6.45, 7) is 0.566. The van der Waals surface area contributed by atoms with Crippen LogP contribution in [0.3, 0.4) is 0 Å². The third-order valence-corrected chi connectivity index (χ3v) is 1.07. The van der Waals surface area contributed by atoms with Gasteiger partial charge in [-0.3, -0.25) is 0 Å². The van der Waals surface area contributed by atoms with E-state index in [2.05, 4.69) is 0 Å². The summed E-state index contributed by atoms with van der Waals surface area (Å²) in [6.07, 6.45) is 4.58. The Bertz CT molecular complexity index is 83.7. The van der Waals surface area contributed by atoms with Crippen LogP contribution in [0, 0.1) is 5.41 Å². The maximum Gasteiger partial charge on any atom is 0.231 e. The Hall–Kier alpha value is -0.700. The van der Waals surface area contributed by atoms with E-state index in [1.807, 2.05) is 0 Å². The van der Waals surface area contributed by atoms with E-state index in [1.165, 1.54) is 0 Å². The molecule has 0 aromatic rings. The molecule has 4 nitrogen and oxygen atoms in total. The Balaban J connectivity index is 0. The monoisotopic (exact) mass is 161 g/mol. The van der Waals surface area contributed by atoms with Crippen molar-refractivity contribution in [3.8, 4) is 0 Å². The number of carbonyl (C=O) groups excluding carboxylic acids is 1. The largest absolute Gasteiger partial charge is 0.396 e. The molecule has 0 amide bonds. The first kappa shape index (κ1) is 12.9. The molecule has 0 aliphatic rings. The average molecular weight is 161 g/mol. The molecule has 0 unspecified atom stereocenters. The van der Waals surface area contributed by atoms with Gasteiger partial charge in [0, 0.05) is 13.2 Å². The summed E-state index contributed by atoms with van der Waals surface area (Å²) in [5.41, 5.74) is 0. The van der Waals surface area contributed by atoms with Crippen molar-refractivity contribution in [2.24, 2.45) is 0 Å². The van der Waals surface area contributed by atoms with Crippen molar-refractivity contribution in [2.75, 3.05) is 13.2 Å². The highest BCUT2D eigenvalue weighted by Gasteiger charge is 1.84. The Morgan fingerprint density at radius 1 is 1.00 bits per heavy atom. The van der Waals surface area contributed by atoms with Crippen molar-refractivity contribution in [2.45, 2.75) is 25.7 Å². The number of aliphatic hydroxyl groups is 2. The first-order valence-corrected chi connectivity index (χ1v) is 3.59. The molecule has 0 aliphatic heterocycles. The Kier molecular flexibility index (Phi) is 19.0. The second-order valence-electron chi connectivity index (χ2n) is 1.96. The van der Waals surface area contributed by atoms with Crippen LogP contribution in [-0.2, 0) is 4.79 Å². The lowest BCUT2D eigenvalue weighted by atomic mass is 10.2. The number of aliphatic hydroxyl groups excluding tert-OH is 2. The predicted octanol–water partition coefficient (Wildman–Crippen LogP) is 0.432. The van der Waals surface area contributed by atoms with Gasteiger partial charge >= 0.3 is 0 Å². The van der Waals surface area contributed by atoms with E-state index >= 15 is 0 Å². The molecule has 0 bridgehead atoms. The molecule has 0 saturated heterocycles. The summed E-state index contributed by atoms with van der Waals surface area (Å²) in [4.78, 5) is 8.35. The van der Waals surface area contributed by atoms with E-state index < -0.39 is 0 Å². The van der Waals surface area contributed by atoms with Crippen LogP contribution in [0.15, 0.2) is 0 Å². The highest BCUT2D eigenvalue weighted by molar-refractivity contribution is 5.26. The number of rotatable bonds is 5. The van der Waals surface area contributed by atoms with Gasteiger partial charge in [-0.1, -0.05) is 12.8 Å². The minimum absolute atomic E-state index is 0.283. The van der Waals surface area contributed by atoms with Crippen molar-refractivity contribution in [3.63, 3.8) is 0 Å². The van der Waals surface area contributed by atoms with Gasteiger partial charge < -0.3 is 10.2 Å². The molecule has 0 spiro atoms. The normalized spacial score (nSPS) is 7.82. The first-order chi connectivity index (χ1) is 5.33. The highest BCUT2D eigenvalue weighted by atomic mass is 16.3. The Morgan fingerprint density at radius 2 is 1.27 bits per heavy atom. The van der Waals surface area contributed by atoms with E-state index in [0.29, 0.717) is 0 Å². The summed E-state index contributed by atoms with van der Waals surface area (Å²) < 4.78 is 0. The Labute approximate surface area is 66.4 Å². The van der Waals surface area contributed by atoms with E-state index in [0.717, 1.165) is 31.8 Å². The molecule has 0 rings (SSSR count). The molecular weight excluding hydrogens is 146 g/mol. The van der Waals surface area contributed by atoms with Crippen LogP contribution in [0.2, 0.25) is 0 Å². The zero-order valence-electron chi connectivity index (χ0n) is 6.55. The molecule has 0 radical (unpaired) electrons. The summed E-state index contributed by atoms with van der Waals surface area (Å²) >= 11 is 0. The maximum atomic E-state index is 8.35. The Morgan fingerprint density at radius 3 is 1.45 bits per heavy atom. The number of nitrogens with one attached hydrogen (secondary N) is 1. The van der Waals surface area contributed by atoms with Crippen LogP contribution in [0.1, 0.15) is 25.7 Å². The van der Waals surface area contributed by atoms with Gasteiger partial charge in [0.2, 0.25) is 6.08 Å². The molecule has 3 N–H and O–H groups in total. The molecule has 0 heterocycles. The van der Waals surface area contributed by atoms with Gasteiger partial charge in [-0.15, -0.1) is 0 Å². The average Bonchev–Trinajstić information content (AvgIpc) is 2.00. The zero-order chi connectivity index (χ0) is 8.95. The van der Waals surface area contributed by atoms with Crippen molar-refractivity contribution >= 4 is 6.08 Å². The van der Waals surface area contributed by atoms with E-state index in [4.69, 9.17) is 20.4 Å². The molecule has 66 valence electrons. The zero-order valence-corrected chi connectivity index (χ0v) is 6.55. The van der Waals surface area contributed by atoms with Gasteiger partial charge in [0.25, 0.3) is 0 Å². The standard InChI is InChI=1S/C6H14O2.CHNO/c7-5-3-1-2-4-6-8;2-1-3/h7-8H,1-6H2;2H. The van der Waals surface area contributed by atoms with Crippen molar-refractivity contribution in [3.05, 3.63) is 0 Å². The molecule has 11 heavy (non-hydrogen) atoms. The van der Waals surface area contributed by atoms with Gasteiger partial charge in [0.1, 0.15) is 0 Å². The summed E-state index contributed by atoms with van der Waals surface area (Å²) in [5.74, 6) is 0. The fourth-order valence-corrected chi connectivity index (χ4v) is 0.577. The molecule has 0 fully saturated rings. The molecule has 4 heteroatoms. The van der Waals surface area contributed by atoms with Crippen LogP contribution >= 0.6 is 0 Å². The number of isocyanates is 1. The van der Waals surface area contributed by atoms with E-state index in [9.17, 15) is 0 Å². The van der Waals surface area contributed by atoms with E-state index in [1.54, 1.807) is 0 Å². The molecular formula is C7H15NO3. The topological polar surface area (TPSA) is 81.4 Å². The predicted molar refractivity (Wildman–Crippen MR) is 41.1 cm³/mol. The highest BCUT2D eigenvalue weighted by Crippen LogP contribution is 1.96. The lowest BCUT2D eigenvalue weighted by molar-refractivity contribution is 0.265. The summed E-state index contributed by atoms with van der Waals surface area (Å²) in [6, 6.07) is 0. The van der Waals surface area contributed by atoms with Crippen LogP contribution < -0.4 is 0 Å². The van der Waals surface area contributed by atoms with Gasteiger partial charge in [0.05, 0.1) is 0 Å². The van der Waals surface area contributed by atoms with Crippen LogP contribution in [0.4, 0.5) is 0 Å². The number of hydrogen-bond donors (Lipinski definition) is 3. The van der Waals surface area contributed by atoms with Crippen LogP contribution in [-0.4, -0.2) is 29.5 Å². The fraction of sp³-hybridized carbons (Fsp3) is 0.857. The maximum absolute atomic E-state index is 8.35. The molecule has 0 saturated carbocycles. The van der Waals surface area contributed by atoms with Gasteiger partial charge in [-0.2, -0.15) is 0 Å². The molecule has 0 atom stereocenters. The quantitative estimate of drug-likeness (QED) is 0.311. The lowest BCUT2D eigenvalue weighted by Crippen LogP contribution is -1.85. The molecule has 0 aliphatic carbocycles. The summed E-state index contributed by atoms with van der Waals surface area (Å²) in [7, 11) is 0. The second-order valence-corrected chi connectivity index (χ2v) is 1.96. The minimum Gasteiger partial charge on any atom is -0.396 e. The summed E-state index contributed by atoms with van der Waals surface area (Å²) in [5, 5.41) is 22.0. The smallest absolute Gasteiger partial charge is 0.231 e. The second kappa shape index (κ2) is 16.1. The fourth-order valence-electron chi connectivity index (χ4n) is 0.577. The van der Waals surface area contributed by atoms with Crippen molar-refractivity contribution in [1.29, 1.82) is 5.41 Å². The third kappa shape index (κ3) is 26.8. The molecule has 0 aromatic heterocycles. The van der Waals surface area contributed by atoms with Gasteiger partial charge in [-0.25, -0.2) is 10.2 Å². The van der Waals surface area contributed by atoms with E-state index in [-0.39, 0.29) is 13.2 Å². The molecule has 0 aromatic carbocycles. The van der Waals surface area contributed by atoms with Gasteiger partial charge in [0.15, 0.2) is 0 Å². The first-order valence-electron chi connectivity index (χ1n) is 3.59. The minimum atomic E-state index is 0.283. The van der Waals surface area contributed by atoms with Crippen molar-refractivity contribution < 1.29 is 15.0 Å². The third-order valence-electron chi connectivity index (χ3n) is 1.07. The van der Waals surface area contributed by atoms with Gasteiger partial charge in [-0.05, 0) is 12.8 Å². The lowest BCUT2D eigenvalue weighted by Gasteiger charge is -1.93. The van der Waals surface area contributed by atoms with Crippen molar-refractivity contribution in [1.82, 2.24) is 0 Å². The van der Waals surface area contributed by atoms with Crippen LogP contribution in [0.5, 0.6) is 0 Å².